The highest BCUT2D eigenvalue weighted by Crippen LogP contribution is 2.40. The van der Waals surface area contributed by atoms with Crippen LogP contribution in [0.3, 0.4) is 0 Å². The van der Waals surface area contributed by atoms with E-state index in [1.807, 2.05) is 0 Å². The minimum atomic E-state index is -0.492. The van der Waals surface area contributed by atoms with E-state index < -0.39 is 4.92 Å². The van der Waals surface area contributed by atoms with Crippen LogP contribution in [0.4, 0.5) is 5.69 Å². The van der Waals surface area contributed by atoms with Gasteiger partial charge in [0.2, 0.25) is 0 Å². The summed E-state index contributed by atoms with van der Waals surface area (Å²) in [5, 5.41) is 11.4. The number of H-pyrrole nitrogens is 1. The number of Topliss-reactive ketones (excluding diaryl/α,β-unsaturated/α-hetero) is 1. The molecule has 6 nitrogen and oxygen atoms in total. The Bertz CT molecular complexity index is 562. The van der Waals surface area contributed by atoms with Gasteiger partial charge in [0.15, 0.2) is 10.9 Å². The number of aromatic amines is 1. The maximum atomic E-state index is 11.2. The highest BCUT2D eigenvalue weighted by Gasteiger charge is 2.22. The van der Waals surface area contributed by atoms with Gasteiger partial charge in [0, 0.05) is 18.5 Å². The van der Waals surface area contributed by atoms with E-state index in [2.05, 4.69) is 9.97 Å². The molecule has 2 aromatic rings. The van der Waals surface area contributed by atoms with Gasteiger partial charge in [-0.25, -0.2) is 4.98 Å². The molecule has 0 spiro atoms. The first-order valence-corrected chi connectivity index (χ1v) is 6.17. The SMILES string of the molecule is CC(=O)c1cc([N+](=O)[O-])c(Sc2ncc[nH]2)s1. The third kappa shape index (κ3) is 2.53. The van der Waals surface area contributed by atoms with Crippen molar-refractivity contribution in [1.82, 2.24) is 9.97 Å². The molecular weight excluding hydrogens is 262 g/mol. The Hall–Kier alpha value is -1.67. The van der Waals surface area contributed by atoms with E-state index in [0.29, 0.717) is 14.2 Å². The molecule has 0 atom stereocenters. The highest BCUT2D eigenvalue weighted by atomic mass is 32.2. The van der Waals surface area contributed by atoms with Gasteiger partial charge < -0.3 is 4.98 Å². The van der Waals surface area contributed by atoms with Crippen molar-refractivity contribution in [3.05, 3.63) is 33.5 Å². The van der Waals surface area contributed by atoms with Crippen LogP contribution >= 0.6 is 23.1 Å². The smallest absolute Gasteiger partial charge is 0.294 e. The van der Waals surface area contributed by atoms with Crippen LogP contribution in [0.25, 0.3) is 0 Å². The summed E-state index contributed by atoms with van der Waals surface area (Å²) in [5.74, 6) is -0.176. The summed E-state index contributed by atoms with van der Waals surface area (Å²) in [6.07, 6.45) is 3.20. The lowest BCUT2D eigenvalue weighted by molar-refractivity contribution is -0.387. The molecule has 2 heterocycles. The van der Waals surface area contributed by atoms with Gasteiger partial charge in [-0.2, -0.15) is 0 Å². The number of nitrogens with zero attached hydrogens (tertiary/aromatic N) is 2. The Morgan fingerprint density at radius 2 is 2.41 bits per heavy atom. The third-order valence-electron chi connectivity index (χ3n) is 1.89. The number of imidazole rings is 1. The van der Waals surface area contributed by atoms with Crippen molar-refractivity contribution >= 4 is 34.6 Å². The van der Waals surface area contributed by atoms with Crippen molar-refractivity contribution in [1.29, 1.82) is 0 Å². The molecule has 0 radical (unpaired) electrons. The number of carbonyl (C=O) groups excluding carboxylic acids is 1. The summed E-state index contributed by atoms with van der Waals surface area (Å²) >= 11 is 2.25. The van der Waals surface area contributed by atoms with E-state index in [1.54, 1.807) is 12.4 Å². The van der Waals surface area contributed by atoms with Crippen molar-refractivity contribution in [2.75, 3.05) is 0 Å². The number of hydrogen-bond donors (Lipinski definition) is 1. The quantitative estimate of drug-likeness (QED) is 0.523. The predicted octanol–water partition coefficient (Wildman–Crippen LogP) is 2.73. The second-order valence-corrected chi connectivity index (χ2v) is 5.40. The van der Waals surface area contributed by atoms with Gasteiger partial charge in [0.1, 0.15) is 4.21 Å². The van der Waals surface area contributed by atoms with Crippen LogP contribution in [0.15, 0.2) is 27.8 Å². The number of nitrogens with one attached hydrogen (secondary N) is 1. The molecule has 88 valence electrons. The van der Waals surface area contributed by atoms with Gasteiger partial charge in [-0.05, 0) is 18.7 Å². The van der Waals surface area contributed by atoms with Crippen LogP contribution in [-0.4, -0.2) is 20.7 Å². The molecular formula is C9H7N3O3S2. The fourth-order valence-electron chi connectivity index (χ4n) is 1.13. The lowest BCUT2D eigenvalue weighted by Crippen LogP contribution is -1.88. The summed E-state index contributed by atoms with van der Waals surface area (Å²) in [4.78, 5) is 28.7. The van der Waals surface area contributed by atoms with Crippen LogP contribution in [0, 0.1) is 10.1 Å². The summed E-state index contributed by atoms with van der Waals surface area (Å²) in [5.41, 5.74) is -0.0541. The lowest BCUT2D eigenvalue weighted by Gasteiger charge is -1.92. The van der Waals surface area contributed by atoms with Gasteiger partial charge in [0.25, 0.3) is 5.69 Å². The molecule has 0 bridgehead atoms. The van der Waals surface area contributed by atoms with Crippen LogP contribution in [-0.2, 0) is 0 Å². The number of rotatable bonds is 4. The molecule has 0 amide bonds. The molecule has 1 N–H and O–H groups in total. The van der Waals surface area contributed by atoms with E-state index >= 15 is 0 Å². The summed E-state index contributed by atoms with van der Waals surface area (Å²) in [6, 6.07) is 1.30. The van der Waals surface area contributed by atoms with E-state index in [0.717, 1.165) is 23.1 Å². The highest BCUT2D eigenvalue weighted by molar-refractivity contribution is 8.01. The first kappa shape index (κ1) is 11.8. The average Bonchev–Trinajstić information content (AvgIpc) is 2.87. The Morgan fingerprint density at radius 1 is 1.65 bits per heavy atom. The Labute approximate surface area is 104 Å². The van der Waals surface area contributed by atoms with Crippen molar-refractivity contribution in [2.24, 2.45) is 0 Å². The zero-order valence-corrected chi connectivity index (χ0v) is 10.3. The number of ketones is 1. The molecule has 2 aromatic heterocycles. The zero-order chi connectivity index (χ0) is 12.4. The average molecular weight is 269 g/mol. The van der Waals surface area contributed by atoms with Crippen LogP contribution in [0.5, 0.6) is 0 Å². The van der Waals surface area contributed by atoms with Gasteiger partial charge in [0.05, 0.1) is 9.80 Å². The van der Waals surface area contributed by atoms with Crippen molar-refractivity contribution in [2.45, 2.75) is 16.3 Å². The van der Waals surface area contributed by atoms with Crippen LogP contribution in [0.1, 0.15) is 16.6 Å². The topological polar surface area (TPSA) is 88.9 Å². The molecule has 0 unspecified atom stereocenters. The van der Waals surface area contributed by atoms with Crippen molar-refractivity contribution < 1.29 is 9.72 Å². The van der Waals surface area contributed by atoms with E-state index in [1.165, 1.54) is 13.0 Å². The molecule has 17 heavy (non-hydrogen) atoms. The lowest BCUT2D eigenvalue weighted by atomic mass is 10.3. The molecule has 0 aliphatic rings. The zero-order valence-electron chi connectivity index (χ0n) is 8.67. The van der Waals surface area contributed by atoms with Gasteiger partial charge in [-0.15, -0.1) is 11.3 Å². The molecule has 0 aliphatic carbocycles. The van der Waals surface area contributed by atoms with Crippen LogP contribution in [0.2, 0.25) is 0 Å². The second kappa shape index (κ2) is 4.68. The van der Waals surface area contributed by atoms with Gasteiger partial charge in [-0.1, -0.05) is 0 Å². The number of hydrogen-bond acceptors (Lipinski definition) is 6. The van der Waals surface area contributed by atoms with E-state index in [4.69, 9.17) is 0 Å². The standard InChI is InChI=1S/C9H7N3O3S2/c1-5(13)7-4-6(12(14)15)8(16-7)17-9-10-2-3-11-9/h2-4H,1H3,(H,10,11). The molecule has 0 fully saturated rings. The Morgan fingerprint density at radius 3 is 2.94 bits per heavy atom. The van der Waals surface area contributed by atoms with Gasteiger partial charge in [-0.3, -0.25) is 14.9 Å². The monoisotopic (exact) mass is 269 g/mol. The van der Waals surface area contributed by atoms with Crippen molar-refractivity contribution in [3.8, 4) is 0 Å². The first-order chi connectivity index (χ1) is 8.08. The predicted molar refractivity (Wildman–Crippen MR) is 63.7 cm³/mol. The number of thiophene rings is 1. The minimum absolute atomic E-state index is 0.0541. The maximum absolute atomic E-state index is 11.2. The second-order valence-electron chi connectivity index (χ2n) is 3.09. The normalized spacial score (nSPS) is 10.4. The fourth-order valence-corrected chi connectivity index (χ4v) is 3.21. The molecule has 8 heteroatoms. The Balaban J connectivity index is 2.37. The minimum Gasteiger partial charge on any atom is -0.339 e. The van der Waals surface area contributed by atoms with Crippen LogP contribution < -0.4 is 0 Å². The fraction of sp³-hybridized carbons (Fsp3) is 0.111. The summed E-state index contributed by atoms with van der Waals surface area (Å²) in [6.45, 7) is 1.39. The maximum Gasteiger partial charge on any atom is 0.294 e. The number of carbonyl (C=O) groups is 1. The Kier molecular flexibility index (Phi) is 3.25. The molecule has 0 saturated carbocycles. The third-order valence-corrected chi connectivity index (χ3v) is 4.22. The largest absolute Gasteiger partial charge is 0.339 e. The number of aromatic nitrogens is 2. The summed E-state index contributed by atoms with van der Waals surface area (Å²) in [7, 11) is 0. The molecule has 0 aliphatic heterocycles. The number of nitro groups is 1. The summed E-state index contributed by atoms with van der Waals surface area (Å²) < 4.78 is 0.454. The molecule has 0 saturated heterocycles. The van der Waals surface area contributed by atoms with E-state index in [-0.39, 0.29) is 11.5 Å². The molecule has 2 rings (SSSR count). The first-order valence-electron chi connectivity index (χ1n) is 4.54. The van der Waals surface area contributed by atoms with Crippen molar-refractivity contribution in [3.63, 3.8) is 0 Å². The molecule has 0 aromatic carbocycles. The van der Waals surface area contributed by atoms with E-state index in [9.17, 15) is 14.9 Å². The van der Waals surface area contributed by atoms with Gasteiger partial charge >= 0.3 is 0 Å².